The van der Waals surface area contributed by atoms with Crippen molar-refractivity contribution in [2.75, 3.05) is 12.4 Å². The molecule has 0 bridgehead atoms. The molecular weight excluding hydrogens is 384 g/mol. The molecule has 4 aromatic rings. The van der Waals surface area contributed by atoms with E-state index in [-0.39, 0.29) is 5.91 Å². The molecule has 0 fully saturated rings. The number of benzene rings is 1. The van der Waals surface area contributed by atoms with E-state index >= 15 is 0 Å². The van der Waals surface area contributed by atoms with Gasteiger partial charge in [-0.15, -0.1) is 11.3 Å². The Morgan fingerprint density at radius 1 is 1.14 bits per heavy atom. The van der Waals surface area contributed by atoms with Gasteiger partial charge in [0, 0.05) is 34.2 Å². The molecule has 0 aliphatic rings. The summed E-state index contributed by atoms with van der Waals surface area (Å²) in [5.74, 6) is 0.555. The van der Waals surface area contributed by atoms with Crippen molar-refractivity contribution in [2.24, 2.45) is 0 Å². The molecule has 0 saturated carbocycles. The molecule has 0 atom stereocenters. The van der Waals surface area contributed by atoms with Crippen LogP contribution in [-0.4, -0.2) is 27.6 Å². The summed E-state index contributed by atoms with van der Waals surface area (Å²) >= 11 is 1.40. The second kappa shape index (κ2) is 7.89. The van der Waals surface area contributed by atoms with Gasteiger partial charge in [-0.05, 0) is 56.3 Å². The smallest absolute Gasteiger partial charge is 0.276 e. The normalized spacial score (nSPS) is 10.7. The fourth-order valence-corrected chi connectivity index (χ4v) is 3.97. The first-order chi connectivity index (χ1) is 14.1. The summed E-state index contributed by atoms with van der Waals surface area (Å²) in [4.78, 5) is 21.0. The predicted octanol–water partition coefficient (Wildman–Crippen LogP) is 4.87. The van der Waals surface area contributed by atoms with Crippen LogP contribution in [0.1, 0.15) is 21.9 Å². The number of amides is 1. The van der Waals surface area contributed by atoms with Crippen molar-refractivity contribution in [2.45, 2.75) is 13.8 Å². The van der Waals surface area contributed by atoms with Crippen LogP contribution in [0.25, 0.3) is 16.9 Å². The summed E-state index contributed by atoms with van der Waals surface area (Å²) in [6, 6.07) is 15.3. The molecule has 29 heavy (non-hydrogen) atoms. The van der Waals surface area contributed by atoms with E-state index in [2.05, 4.69) is 39.8 Å². The van der Waals surface area contributed by atoms with Crippen LogP contribution in [0.4, 0.5) is 5.13 Å². The van der Waals surface area contributed by atoms with E-state index in [4.69, 9.17) is 4.74 Å². The van der Waals surface area contributed by atoms with Gasteiger partial charge < -0.3 is 9.30 Å². The molecule has 0 aliphatic carbocycles. The number of anilines is 1. The molecule has 3 heterocycles. The first kappa shape index (κ1) is 18.9. The van der Waals surface area contributed by atoms with Crippen molar-refractivity contribution >= 4 is 22.4 Å². The minimum atomic E-state index is -0.268. The molecule has 146 valence electrons. The Morgan fingerprint density at radius 2 is 1.93 bits per heavy atom. The monoisotopic (exact) mass is 404 g/mol. The molecule has 1 N–H and O–H groups in total. The quantitative estimate of drug-likeness (QED) is 0.515. The van der Waals surface area contributed by atoms with Gasteiger partial charge in [-0.25, -0.2) is 4.98 Å². The van der Waals surface area contributed by atoms with Crippen molar-refractivity contribution in [3.8, 4) is 22.7 Å². The molecule has 7 heteroatoms. The van der Waals surface area contributed by atoms with Gasteiger partial charge in [-0.1, -0.05) is 6.07 Å². The second-order valence-corrected chi connectivity index (χ2v) is 7.38. The van der Waals surface area contributed by atoms with Crippen LogP contribution in [0.3, 0.4) is 0 Å². The minimum Gasteiger partial charge on any atom is -0.497 e. The first-order valence-electron chi connectivity index (χ1n) is 9.08. The third-order valence-corrected chi connectivity index (χ3v) is 5.42. The van der Waals surface area contributed by atoms with Crippen LogP contribution >= 0.6 is 11.3 Å². The summed E-state index contributed by atoms with van der Waals surface area (Å²) < 4.78 is 7.43. The molecule has 0 radical (unpaired) electrons. The fourth-order valence-electron chi connectivity index (χ4n) is 3.26. The second-order valence-electron chi connectivity index (χ2n) is 6.53. The maximum Gasteiger partial charge on any atom is 0.276 e. The predicted molar refractivity (Wildman–Crippen MR) is 115 cm³/mol. The summed E-state index contributed by atoms with van der Waals surface area (Å²) in [5, 5.41) is 5.32. The first-order valence-corrected chi connectivity index (χ1v) is 9.96. The van der Waals surface area contributed by atoms with Gasteiger partial charge in [0.05, 0.1) is 12.8 Å². The Morgan fingerprint density at radius 3 is 2.62 bits per heavy atom. The molecule has 0 unspecified atom stereocenters. The zero-order valence-corrected chi connectivity index (χ0v) is 17.2. The summed E-state index contributed by atoms with van der Waals surface area (Å²) in [6.07, 6.45) is 1.59. The third-order valence-electron chi connectivity index (χ3n) is 4.66. The minimum absolute atomic E-state index is 0.268. The van der Waals surface area contributed by atoms with Gasteiger partial charge in [0.1, 0.15) is 11.4 Å². The van der Waals surface area contributed by atoms with Crippen LogP contribution in [0.15, 0.2) is 60.1 Å². The van der Waals surface area contributed by atoms with E-state index in [0.717, 1.165) is 34.1 Å². The highest BCUT2D eigenvalue weighted by Gasteiger charge is 2.16. The molecule has 1 aromatic carbocycles. The molecule has 6 nitrogen and oxygen atoms in total. The lowest BCUT2D eigenvalue weighted by molar-refractivity contribution is 0.102. The van der Waals surface area contributed by atoms with Crippen molar-refractivity contribution in [1.82, 2.24) is 14.5 Å². The van der Waals surface area contributed by atoms with E-state index in [9.17, 15) is 4.79 Å². The molecule has 3 aromatic heterocycles. The zero-order chi connectivity index (χ0) is 20.4. The van der Waals surface area contributed by atoms with Crippen LogP contribution in [0.2, 0.25) is 0 Å². The van der Waals surface area contributed by atoms with E-state index in [1.807, 2.05) is 29.6 Å². The molecule has 0 spiro atoms. The van der Waals surface area contributed by atoms with Gasteiger partial charge in [0.25, 0.3) is 5.91 Å². The summed E-state index contributed by atoms with van der Waals surface area (Å²) in [6.45, 7) is 4.13. The number of carbonyl (C=O) groups excluding carboxylic acids is 1. The maximum absolute atomic E-state index is 12.3. The van der Waals surface area contributed by atoms with E-state index < -0.39 is 0 Å². The lowest BCUT2D eigenvalue weighted by atomic mass is 10.2. The Labute approximate surface area is 172 Å². The largest absolute Gasteiger partial charge is 0.497 e. The van der Waals surface area contributed by atoms with E-state index in [1.54, 1.807) is 31.5 Å². The molecule has 0 aliphatic heterocycles. The van der Waals surface area contributed by atoms with Gasteiger partial charge >= 0.3 is 0 Å². The summed E-state index contributed by atoms with van der Waals surface area (Å²) in [7, 11) is 1.66. The van der Waals surface area contributed by atoms with Crippen LogP contribution < -0.4 is 10.1 Å². The Kier molecular flexibility index (Phi) is 5.14. The SMILES string of the molecule is COc1ccc(-n2c(C)cc(-c3csc(NC(=O)c4ccccn4)n3)c2C)cc1. The van der Waals surface area contributed by atoms with Crippen LogP contribution in [0.5, 0.6) is 5.75 Å². The van der Waals surface area contributed by atoms with Gasteiger partial charge in [-0.3, -0.25) is 15.1 Å². The van der Waals surface area contributed by atoms with Crippen LogP contribution in [0, 0.1) is 13.8 Å². The highest BCUT2D eigenvalue weighted by molar-refractivity contribution is 7.14. The Balaban J connectivity index is 1.60. The van der Waals surface area contributed by atoms with Crippen molar-refractivity contribution in [3.05, 3.63) is 77.2 Å². The van der Waals surface area contributed by atoms with Gasteiger partial charge in [0.15, 0.2) is 5.13 Å². The number of nitrogens with one attached hydrogen (secondary N) is 1. The summed E-state index contributed by atoms with van der Waals surface area (Å²) in [5.41, 5.74) is 5.48. The number of rotatable bonds is 5. The Bertz CT molecular complexity index is 1150. The molecule has 1 amide bonds. The average Bonchev–Trinajstić information content (AvgIpc) is 3.32. The fraction of sp³-hybridized carbons (Fsp3) is 0.136. The van der Waals surface area contributed by atoms with Crippen molar-refractivity contribution in [1.29, 1.82) is 0 Å². The highest BCUT2D eigenvalue weighted by atomic mass is 32.1. The van der Waals surface area contributed by atoms with Crippen LogP contribution in [-0.2, 0) is 0 Å². The number of aromatic nitrogens is 3. The Hall–Kier alpha value is -3.45. The van der Waals surface area contributed by atoms with E-state index in [0.29, 0.717) is 10.8 Å². The number of nitrogens with zero attached hydrogens (tertiary/aromatic N) is 3. The molecule has 4 rings (SSSR count). The molecular formula is C22H20N4O2S. The van der Waals surface area contributed by atoms with Crippen molar-refractivity contribution < 1.29 is 9.53 Å². The lowest BCUT2D eigenvalue weighted by Crippen LogP contribution is -2.13. The van der Waals surface area contributed by atoms with Gasteiger partial charge in [0.2, 0.25) is 0 Å². The van der Waals surface area contributed by atoms with E-state index in [1.165, 1.54) is 11.3 Å². The number of hydrogen-bond donors (Lipinski definition) is 1. The average molecular weight is 404 g/mol. The number of carbonyl (C=O) groups is 1. The standard InChI is InChI=1S/C22H20N4O2S/c1-14-12-18(15(2)26(14)16-7-9-17(28-3)10-8-16)20-13-29-22(24-20)25-21(27)19-6-4-5-11-23-19/h4-13H,1-3H3,(H,24,25,27). The highest BCUT2D eigenvalue weighted by Crippen LogP contribution is 2.32. The van der Waals surface area contributed by atoms with Crippen molar-refractivity contribution in [3.63, 3.8) is 0 Å². The maximum atomic E-state index is 12.3. The number of aryl methyl sites for hydroxylation is 1. The van der Waals surface area contributed by atoms with Gasteiger partial charge in [-0.2, -0.15) is 0 Å². The number of pyridine rings is 1. The number of ether oxygens (including phenoxy) is 1. The zero-order valence-electron chi connectivity index (χ0n) is 16.3. The third kappa shape index (κ3) is 3.77. The number of methoxy groups -OCH3 is 1. The lowest BCUT2D eigenvalue weighted by Gasteiger charge is -2.10. The number of hydrogen-bond acceptors (Lipinski definition) is 5. The topological polar surface area (TPSA) is 69.0 Å². The number of thiazole rings is 1. The molecule has 0 saturated heterocycles.